The molecular weight excluding hydrogens is 248 g/mol. The van der Waals surface area contributed by atoms with Gasteiger partial charge < -0.3 is 4.74 Å². The highest BCUT2D eigenvalue weighted by Gasteiger charge is 2.56. The van der Waals surface area contributed by atoms with Gasteiger partial charge in [0, 0.05) is 19.8 Å². The Bertz CT molecular complexity index is 552. The second-order valence-corrected chi connectivity index (χ2v) is 6.67. The van der Waals surface area contributed by atoms with Gasteiger partial charge in [-0.1, -0.05) is 36.4 Å². The van der Waals surface area contributed by atoms with Crippen molar-refractivity contribution in [3.05, 3.63) is 60.7 Å². The van der Waals surface area contributed by atoms with E-state index in [1.807, 2.05) is 36.4 Å². The Labute approximate surface area is 106 Å². The second-order valence-electron chi connectivity index (χ2n) is 3.84. The molecule has 1 heterocycles. The number of benzene rings is 2. The van der Waals surface area contributed by atoms with E-state index in [9.17, 15) is 9.59 Å². The summed E-state index contributed by atoms with van der Waals surface area (Å²) < 4.78 is 4.62. The average molecular weight is 258 g/mol. The molecule has 1 aliphatic rings. The van der Waals surface area contributed by atoms with E-state index < -0.39 is 20.6 Å². The molecule has 90 valence electrons. The summed E-state index contributed by atoms with van der Waals surface area (Å²) in [6, 6.07) is 18.2. The van der Waals surface area contributed by atoms with E-state index in [2.05, 4.69) is 4.74 Å². The van der Waals surface area contributed by atoms with Crippen LogP contribution in [0, 0.1) is 0 Å². The monoisotopic (exact) mass is 258 g/mol. The average Bonchev–Trinajstić information content (AvgIpc) is 2.41. The zero-order chi connectivity index (χ0) is 12.6. The Morgan fingerprint density at radius 1 is 0.667 bits per heavy atom. The van der Waals surface area contributed by atoms with Crippen LogP contribution in [0.15, 0.2) is 70.5 Å². The molecule has 0 atom stereocenters. The minimum Gasteiger partial charge on any atom is -0.377 e. The molecule has 4 heteroatoms. The molecule has 1 aliphatic heterocycles. The molecule has 0 aromatic heterocycles. The molecule has 3 rings (SSSR count). The van der Waals surface area contributed by atoms with Gasteiger partial charge in [0.2, 0.25) is 0 Å². The lowest BCUT2D eigenvalue weighted by molar-refractivity contribution is 0.176. The van der Waals surface area contributed by atoms with Crippen LogP contribution in [0.25, 0.3) is 0 Å². The van der Waals surface area contributed by atoms with Crippen molar-refractivity contribution in [2.24, 2.45) is 0 Å². The molecule has 2 aromatic carbocycles. The lowest BCUT2D eigenvalue weighted by Gasteiger charge is -2.41. The molecule has 0 spiro atoms. The molecule has 2 aromatic rings. The van der Waals surface area contributed by atoms with Gasteiger partial charge in [-0.25, -0.2) is 9.59 Å². The highest BCUT2D eigenvalue weighted by Crippen LogP contribution is 2.70. The van der Waals surface area contributed by atoms with E-state index >= 15 is 0 Å². The molecule has 1 fully saturated rings. The van der Waals surface area contributed by atoms with Crippen LogP contribution in [-0.4, -0.2) is 10.6 Å². The summed E-state index contributed by atoms with van der Waals surface area (Å²) in [6.07, 6.45) is 0. The van der Waals surface area contributed by atoms with Crippen LogP contribution in [0.4, 0.5) is 9.59 Å². The van der Waals surface area contributed by atoms with E-state index in [4.69, 9.17) is 0 Å². The third kappa shape index (κ3) is 1.32. The summed E-state index contributed by atoms with van der Waals surface area (Å²) >= 11 is 0. The quantitative estimate of drug-likeness (QED) is 0.599. The number of rotatable bonds is 2. The summed E-state index contributed by atoms with van der Waals surface area (Å²) in [5, 5.41) is -0.852. The van der Waals surface area contributed by atoms with Crippen molar-refractivity contribution in [3.8, 4) is 0 Å². The predicted molar refractivity (Wildman–Crippen MR) is 68.9 cm³/mol. The molecule has 0 unspecified atom stereocenters. The maximum absolute atomic E-state index is 12.0. The molecule has 0 saturated carbocycles. The van der Waals surface area contributed by atoms with Gasteiger partial charge in [0.05, 0.1) is 0 Å². The Balaban J connectivity index is 2.24. The Hall–Kier alpha value is -2.07. The minimum atomic E-state index is -2.31. The zero-order valence-electron chi connectivity index (χ0n) is 9.41. The number of ether oxygens (including phenoxy) is 1. The highest BCUT2D eigenvalue weighted by atomic mass is 32.3. The SMILES string of the molecule is O=C1OC(=O)S1(c1ccccc1)c1ccccc1. The molecule has 0 aliphatic carbocycles. The maximum Gasteiger partial charge on any atom is 0.376 e. The zero-order valence-corrected chi connectivity index (χ0v) is 10.2. The van der Waals surface area contributed by atoms with Gasteiger partial charge in [-0.3, -0.25) is 0 Å². The maximum atomic E-state index is 12.0. The van der Waals surface area contributed by atoms with Crippen molar-refractivity contribution in [1.82, 2.24) is 0 Å². The topological polar surface area (TPSA) is 43.4 Å². The fourth-order valence-electron chi connectivity index (χ4n) is 2.00. The third-order valence-electron chi connectivity index (χ3n) is 2.86. The van der Waals surface area contributed by atoms with E-state index in [1.54, 1.807) is 24.3 Å². The van der Waals surface area contributed by atoms with Crippen LogP contribution >= 0.6 is 10.0 Å². The van der Waals surface area contributed by atoms with Crippen LogP contribution in [0.1, 0.15) is 0 Å². The fraction of sp³-hybridized carbons (Fsp3) is 0. The molecule has 3 nitrogen and oxygen atoms in total. The highest BCUT2D eigenvalue weighted by molar-refractivity contribution is 8.57. The Kier molecular flexibility index (Phi) is 2.45. The molecule has 0 amide bonds. The molecule has 18 heavy (non-hydrogen) atoms. The predicted octanol–water partition coefficient (Wildman–Crippen LogP) is 4.18. The second kappa shape index (κ2) is 3.99. The molecule has 1 saturated heterocycles. The van der Waals surface area contributed by atoms with Gasteiger partial charge in [-0.15, -0.1) is 0 Å². The van der Waals surface area contributed by atoms with Gasteiger partial charge in [-0.05, 0) is 24.3 Å². The van der Waals surface area contributed by atoms with Crippen LogP contribution in [0.5, 0.6) is 0 Å². The van der Waals surface area contributed by atoms with Crippen LogP contribution < -0.4 is 0 Å². The first-order valence-electron chi connectivity index (χ1n) is 5.45. The summed E-state index contributed by atoms with van der Waals surface area (Å²) in [6.45, 7) is 0. The molecular formula is C14H10O3S. The van der Waals surface area contributed by atoms with Gasteiger partial charge in [0.25, 0.3) is 0 Å². The van der Waals surface area contributed by atoms with Crippen LogP contribution in [0.2, 0.25) is 0 Å². The molecule has 0 bridgehead atoms. The third-order valence-corrected chi connectivity index (χ3v) is 5.99. The van der Waals surface area contributed by atoms with E-state index in [-0.39, 0.29) is 0 Å². The lowest BCUT2D eigenvalue weighted by Crippen LogP contribution is -2.35. The minimum absolute atomic E-state index is 0.426. The lowest BCUT2D eigenvalue weighted by atomic mass is 10.4. The van der Waals surface area contributed by atoms with Crippen LogP contribution in [-0.2, 0) is 4.74 Å². The largest absolute Gasteiger partial charge is 0.377 e. The summed E-state index contributed by atoms with van der Waals surface area (Å²) in [5.41, 5.74) is 0. The van der Waals surface area contributed by atoms with Gasteiger partial charge >= 0.3 is 10.6 Å². The Morgan fingerprint density at radius 3 is 1.39 bits per heavy atom. The number of carbonyl (C=O) groups is 2. The smallest absolute Gasteiger partial charge is 0.376 e. The van der Waals surface area contributed by atoms with E-state index in [0.29, 0.717) is 0 Å². The first kappa shape index (κ1) is 11.0. The molecule has 0 N–H and O–H groups in total. The summed E-state index contributed by atoms with van der Waals surface area (Å²) in [5.74, 6) is 0. The first-order valence-corrected chi connectivity index (χ1v) is 7.09. The van der Waals surface area contributed by atoms with Gasteiger partial charge in [0.1, 0.15) is 0 Å². The van der Waals surface area contributed by atoms with Crippen molar-refractivity contribution in [3.63, 3.8) is 0 Å². The Morgan fingerprint density at radius 2 is 1.06 bits per heavy atom. The normalized spacial score (nSPS) is 18.7. The number of carbonyl (C=O) groups excluding carboxylic acids is 2. The van der Waals surface area contributed by atoms with Gasteiger partial charge in [0.15, 0.2) is 0 Å². The first-order chi connectivity index (χ1) is 8.76. The molecule has 0 radical (unpaired) electrons. The van der Waals surface area contributed by atoms with Crippen molar-refractivity contribution in [2.45, 2.75) is 9.79 Å². The number of hydrogen-bond acceptors (Lipinski definition) is 3. The van der Waals surface area contributed by atoms with Crippen LogP contribution in [0.3, 0.4) is 0 Å². The van der Waals surface area contributed by atoms with Crippen molar-refractivity contribution in [1.29, 1.82) is 0 Å². The van der Waals surface area contributed by atoms with E-state index in [0.717, 1.165) is 9.79 Å². The van der Waals surface area contributed by atoms with Crippen molar-refractivity contribution >= 4 is 20.6 Å². The number of cyclic esters (lactones) is 2. The van der Waals surface area contributed by atoms with E-state index in [1.165, 1.54) is 0 Å². The standard InChI is InChI=1S/C14H10O3S/c15-13-17-14(16)18(13,11-7-3-1-4-8-11)12-9-5-2-6-10-12/h1-10H. The van der Waals surface area contributed by atoms with Crippen molar-refractivity contribution in [2.75, 3.05) is 0 Å². The summed E-state index contributed by atoms with van der Waals surface area (Å²) in [7, 11) is -2.31. The van der Waals surface area contributed by atoms with Gasteiger partial charge in [-0.2, -0.15) is 0 Å². The number of hydrogen-bond donors (Lipinski definition) is 0. The van der Waals surface area contributed by atoms with Crippen molar-refractivity contribution < 1.29 is 14.3 Å². The summed E-state index contributed by atoms with van der Waals surface area (Å²) in [4.78, 5) is 25.4. The fourth-order valence-corrected chi connectivity index (χ4v) is 4.59.